The number of amides is 1. The molecule has 7 nitrogen and oxygen atoms in total. The lowest BCUT2D eigenvalue weighted by Gasteiger charge is -2.28. The molecule has 0 saturated carbocycles. The number of thioether (sulfide) groups is 1. The van der Waals surface area contributed by atoms with Gasteiger partial charge in [-0.25, -0.2) is 14.1 Å². The number of hydrogen-bond acceptors (Lipinski definition) is 6. The summed E-state index contributed by atoms with van der Waals surface area (Å²) in [7, 11) is 1.47. The third-order valence-corrected chi connectivity index (χ3v) is 4.07. The van der Waals surface area contributed by atoms with Gasteiger partial charge in [-0.15, -0.1) is 10.2 Å². The topological polar surface area (TPSA) is 69.5 Å². The van der Waals surface area contributed by atoms with Crippen molar-refractivity contribution in [1.29, 1.82) is 0 Å². The number of rotatable bonds is 5. The van der Waals surface area contributed by atoms with Crippen molar-refractivity contribution in [2.24, 2.45) is 0 Å². The first-order valence-corrected chi connectivity index (χ1v) is 7.92. The second-order valence-corrected chi connectivity index (χ2v) is 5.82. The number of fused-ring (bicyclic) bond motifs is 1. The Labute approximate surface area is 136 Å². The molecular weight excluding hydrogens is 323 g/mol. The van der Waals surface area contributed by atoms with Crippen LogP contribution in [0, 0.1) is 5.82 Å². The summed E-state index contributed by atoms with van der Waals surface area (Å²) in [6.45, 7) is 0.588. The highest BCUT2D eigenvalue weighted by atomic mass is 32.2. The molecule has 0 saturated heterocycles. The number of halogens is 1. The molecule has 0 unspecified atom stereocenters. The van der Waals surface area contributed by atoms with E-state index in [9.17, 15) is 9.18 Å². The fourth-order valence-corrected chi connectivity index (χ4v) is 3.05. The standard InChI is InChI=1S/C14H15FN4O3S/c1-21-9-13(20)18-5-6-23-14-17-16-12(19(14)18)8-22-11-4-2-3-10(15)7-11/h2-4,7H,5-6,8-9H2,1H3. The molecule has 1 aliphatic heterocycles. The number of carbonyl (C=O) groups excluding carboxylic acids is 1. The maximum Gasteiger partial charge on any atom is 0.267 e. The number of aromatic nitrogens is 3. The maximum atomic E-state index is 13.2. The summed E-state index contributed by atoms with van der Waals surface area (Å²) in [5.74, 6) is 1.04. The third-order valence-electron chi connectivity index (χ3n) is 3.17. The second-order valence-electron chi connectivity index (χ2n) is 4.76. The summed E-state index contributed by atoms with van der Waals surface area (Å²) in [6, 6.07) is 5.84. The van der Waals surface area contributed by atoms with Crippen LogP contribution in [0.15, 0.2) is 29.4 Å². The van der Waals surface area contributed by atoms with Crippen molar-refractivity contribution in [1.82, 2.24) is 14.9 Å². The van der Waals surface area contributed by atoms with E-state index >= 15 is 0 Å². The molecule has 3 rings (SSSR count). The largest absolute Gasteiger partial charge is 0.485 e. The molecule has 2 aromatic rings. The van der Waals surface area contributed by atoms with E-state index in [4.69, 9.17) is 9.47 Å². The fourth-order valence-electron chi connectivity index (χ4n) is 2.18. The Bertz CT molecular complexity index is 709. The zero-order chi connectivity index (χ0) is 16.2. The summed E-state index contributed by atoms with van der Waals surface area (Å²) in [6.07, 6.45) is 0. The van der Waals surface area contributed by atoms with E-state index in [1.54, 1.807) is 21.8 Å². The summed E-state index contributed by atoms with van der Waals surface area (Å²) in [5.41, 5.74) is 0. The van der Waals surface area contributed by atoms with Crippen LogP contribution >= 0.6 is 11.8 Å². The fraction of sp³-hybridized carbons (Fsp3) is 0.357. The van der Waals surface area contributed by atoms with Crippen molar-refractivity contribution in [2.45, 2.75) is 11.8 Å². The van der Waals surface area contributed by atoms with Crippen LogP contribution in [0.1, 0.15) is 5.82 Å². The summed E-state index contributed by atoms with van der Waals surface area (Å²) in [5, 5.41) is 10.3. The monoisotopic (exact) mass is 338 g/mol. The predicted molar refractivity (Wildman–Crippen MR) is 81.4 cm³/mol. The molecule has 0 spiro atoms. The number of methoxy groups -OCH3 is 1. The average Bonchev–Trinajstić information content (AvgIpc) is 2.96. The highest BCUT2D eigenvalue weighted by Crippen LogP contribution is 2.23. The van der Waals surface area contributed by atoms with Crippen LogP contribution in [0.4, 0.5) is 4.39 Å². The van der Waals surface area contributed by atoms with E-state index in [1.165, 1.54) is 31.0 Å². The Kier molecular flexibility index (Phi) is 4.77. The quantitative estimate of drug-likeness (QED) is 0.816. The Balaban J connectivity index is 1.79. The molecule has 0 fully saturated rings. The Morgan fingerprint density at radius 2 is 2.30 bits per heavy atom. The molecule has 2 heterocycles. The van der Waals surface area contributed by atoms with Gasteiger partial charge in [0.15, 0.2) is 5.82 Å². The van der Waals surface area contributed by atoms with E-state index in [0.29, 0.717) is 23.3 Å². The normalized spacial score (nSPS) is 13.7. The number of carbonyl (C=O) groups is 1. The van der Waals surface area contributed by atoms with Crippen LogP contribution in [0.2, 0.25) is 0 Å². The molecule has 1 aromatic carbocycles. The minimum atomic E-state index is -0.377. The first kappa shape index (κ1) is 15.8. The lowest BCUT2D eigenvalue weighted by molar-refractivity contribution is -0.123. The van der Waals surface area contributed by atoms with Crippen LogP contribution in [0.25, 0.3) is 0 Å². The van der Waals surface area contributed by atoms with Gasteiger partial charge in [-0.3, -0.25) is 4.79 Å². The third kappa shape index (κ3) is 3.45. The minimum Gasteiger partial charge on any atom is -0.485 e. The molecule has 1 amide bonds. The number of hydrogen-bond donors (Lipinski definition) is 0. The SMILES string of the molecule is COCC(=O)N1CCSc2nnc(COc3cccc(F)c3)n21. The van der Waals surface area contributed by atoms with Gasteiger partial charge in [0.25, 0.3) is 5.91 Å². The van der Waals surface area contributed by atoms with E-state index in [1.807, 2.05) is 0 Å². The van der Waals surface area contributed by atoms with E-state index in [-0.39, 0.29) is 24.9 Å². The minimum absolute atomic E-state index is 0.0213. The lowest BCUT2D eigenvalue weighted by Crippen LogP contribution is -2.47. The highest BCUT2D eigenvalue weighted by molar-refractivity contribution is 7.99. The van der Waals surface area contributed by atoms with Gasteiger partial charge in [0, 0.05) is 18.9 Å². The van der Waals surface area contributed by atoms with Gasteiger partial charge in [-0.05, 0) is 12.1 Å². The molecule has 1 aromatic heterocycles. The molecule has 0 aliphatic carbocycles. The van der Waals surface area contributed by atoms with Crippen molar-refractivity contribution >= 4 is 17.7 Å². The number of benzene rings is 1. The molecule has 1 aliphatic rings. The van der Waals surface area contributed by atoms with Gasteiger partial charge in [0.1, 0.15) is 24.8 Å². The van der Waals surface area contributed by atoms with Crippen molar-refractivity contribution < 1.29 is 18.7 Å². The van der Waals surface area contributed by atoms with Crippen molar-refractivity contribution in [3.8, 4) is 5.75 Å². The number of nitrogens with zero attached hydrogens (tertiary/aromatic N) is 4. The molecule has 0 radical (unpaired) electrons. The van der Waals surface area contributed by atoms with Crippen molar-refractivity contribution in [2.75, 3.05) is 31.0 Å². The first-order valence-electron chi connectivity index (χ1n) is 6.94. The van der Waals surface area contributed by atoms with Crippen LogP contribution in [0.5, 0.6) is 5.75 Å². The van der Waals surface area contributed by atoms with Crippen LogP contribution < -0.4 is 9.75 Å². The Morgan fingerprint density at radius 3 is 3.09 bits per heavy atom. The molecular formula is C14H15FN4O3S. The predicted octanol–water partition coefficient (Wildman–Crippen LogP) is 1.21. The van der Waals surface area contributed by atoms with Crippen molar-refractivity contribution in [3.05, 3.63) is 35.9 Å². The van der Waals surface area contributed by atoms with Crippen LogP contribution in [0.3, 0.4) is 0 Å². The van der Waals surface area contributed by atoms with Gasteiger partial charge in [0.2, 0.25) is 5.16 Å². The average molecular weight is 338 g/mol. The second kappa shape index (κ2) is 6.97. The lowest BCUT2D eigenvalue weighted by atomic mass is 10.3. The first-order chi connectivity index (χ1) is 11.2. The van der Waals surface area contributed by atoms with Gasteiger partial charge in [-0.2, -0.15) is 0 Å². The molecule has 0 atom stereocenters. The summed E-state index contributed by atoms with van der Waals surface area (Å²) in [4.78, 5) is 12.2. The Hall–Kier alpha value is -2.13. The summed E-state index contributed by atoms with van der Waals surface area (Å²) >= 11 is 1.51. The summed E-state index contributed by atoms with van der Waals surface area (Å²) < 4.78 is 25.3. The van der Waals surface area contributed by atoms with Gasteiger partial charge >= 0.3 is 0 Å². The number of ether oxygens (including phenoxy) is 2. The smallest absolute Gasteiger partial charge is 0.267 e. The zero-order valence-electron chi connectivity index (χ0n) is 12.4. The van der Waals surface area contributed by atoms with Gasteiger partial charge < -0.3 is 9.47 Å². The van der Waals surface area contributed by atoms with Crippen LogP contribution in [-0.2, 0) is 16.1 Å². The van der Waals surface area contributed by atoms with Gasteiger partial charge in [0.05, 0.1) is 6.54 Å². The Morgan fingerprint density at radius 1 is 1.43 bits per heavy atom. The molecule has 23 heavy (non-hydrogen) atoms. The van der Waals surface area contributed by atoms with E-state index < -0.39 is 0 Å². The maximum absolute atomic E-state index is 13.2. The van der Waals surface area contributed by atoms with Gasteiger partial charge in [-0.1, -0.05) is 17.8 Å². The molecule has 0 bridgehead atoms. The van der Waals surface area contributed by atoms with Crippen molar-refractivity contribution in [3.63, 3.8) is 0 Å². The molecule has 122 valence electrons. The molecule has 0 N–H and O–H groups in total. The molecule has 9 heteroatoms. The van der Waals surface area contributed by atoms with E-state index in [0.717, 1.165) is 5.75 Å². The highest BCUT2D eigenvalue weighted by Gasteiger charge is 2.27. The zero-order valence-corrected chi connectivity index (χ0v) is 13.3. The van der Waals surface area contributed by atoms with Crippen LogP contribution in [-0.4, -0.2) is 46.8 Å². The van der Waals surface area contributed by atoms with E-state index in [2.05, 4.69) is 10.2 Å².